The third-order valence-corrected chi connectivity index (χ3v) is 8.18. The van der Waals surface area contributed by atoms with Crippen LogP contribution in [-0.2, 0) is 41.9 Å². The molecular weight excluding hydrogens is 462 g/mol. The highest BCUT2D eigenvalue weighted by Crippen LogP contribution is 2.26. The van der Waals surface area contributed by atoms with E-state index in [0.717, 1.165) is 7.11 Å². The second kappa shape index (κ2) is 11.6. The van der Waals surface area contributed by atoms with E-state index in [0.29, 0.717) is 11.1 Å². The summed E-state index contributed by atoms with van der Waals surface area (Å²) in [6.45, 7) is 2.39. The van der Waals surface area contributed by atoms with E-state index in [-0.39, 0.29) is 13.0 Å². The molecule has 0 saturated heterocycles. The number of aliphatic carboxylic acids is 1. The normalized spacial score (nSPS) is 13.4. The van der Waals surface area contributed by atoms with Gasteiger partial charge in [-0.15, -0.1) is 0 Å². The third kappa shape index (κ3) is 7.05. The number of rotatable bonds is 11. The Bertz CT molecular complexity index is 1080. The van der Waals surface area contributed by atoms with Gasteiger partial charge in [0, 0.05) is 0 Å². The summed E-state index contributed by atoms with van der Waals surface area (Å²) in [4.78, 5) is 36.6. The van der Waals surface area contributed by atoms with Crippen LogP contribution in [0, 0.1) is 5.92 Å². The predicted octanol–water partition coefficient (Wildman–Crippen LogP) is 2.59. The summed E-state index contributed by atoms with van der Waals surface area (Å²) < 4.78 is 34.6. The van der Waals surface area contributed by atoms with Crippen LogP contribution in [0.1, 0.15) is 25.0 Å². The van der Waals surface area contributed by atoms with E-state index in [2.05, 4.69) is 5.32 Å². The van der Waals surface area contributed by atoms with Crippen molar-refractivity contribution in [1.29, 1.82) is 0 Å². The number of sulfone groups is 1. The minimum absolute atomic E-state index is 0.0130. The Balaban J connectivity index is 2.20. The number of benzene rings is 2. The van der Waals surface area contributed by atoms with Crippen molar-refractivity contribution in [1.82, 2.24) is 5.32 Å². The molecule has 2 atom stereocenters. The first-order valence-corrected chi connectivity index (χ1v) is 12.2. The molecule has 0 aliphatic heterocycles. The zero-order valence-electron chi connectivity index (χ0n) is 19.3. The second-order valence-corrected chi connectivity index (χ2v) is 10.9. The van der Waals surface area contributed by atoms with Crippen LogP contribution in [0.4, 0.5) is 4.79 Å². The quantitative estimate of drug-likeness (QED) is 0.458. The van der Waals surface area contributed by atoms with E-state index in [9.17, 15) is 27.9 Å². The molecular formula is C24H29NO8S. The van der Waals surface area contributed by atoms with Gasteiger partial charge in [0.05, 0.1) is 23.5 Å². The topological polar surface area (TPSA) is 136 Å². The molecule has 2 rings (SSSR count). The summed E-state index contributed by atoms with van der Waals surface area (Å²) >= 11 is 0. The van der Waals surface area contributed by atoms with Crippen molar-refractivity contribution in [2.24, 2.45) is 5.92 Å². The number of carbonyl (C=O) groups excluding carboxylic acids is 2. The van der Waals surface area contributed by atoms with Gasteiger partial charge in [0.1, 0.15) is 12.6 Å². The number of alkyl carbamates (subject to hydrolysis) is 1. The maximum absolute atomic E-state index is 13.3. The fourth-order valence-corrected chi connectivity index (χ4v) is 5.03. The Morgan fingerprint density at radius 2 is 1.50 bits per heavy atom. The Morgan fingerprint density at radius 1 is 0.971 bits per heavy atom. The molecule has 2 N–H and O–H groups in total. The number of methoxy groups -OCH3 is 1. The number of amides is 1. The number of carboxylic acids is 1. The summed E-state index contributed by atoms with van der Waals surface area (Å²) in [5.74, 6) is -4.28. The van der Waals surface area contributed by atoms with Gasteiger partial charge in [-0.05, 0) is 31.4 Å². The molecule has 0 unspecified atom stereocenters. The zero-order valence-corrected chi connectivity index (χ0v) is 20.1. The SMILES string of the molecule is COC(=O)[C@@H](NC(=O)OCc1ccccc1)C(C)(C)S(=O)(=O)C[C@@H](Cc1ccccc1)C(=O)O. The molecule has 2 aromatic carbocycles. The van der Waals surface area contributed by atoms with Gasteiger partial charge in [-0.3, -0.25) is 4.79 Å². The molecule has 9 nitrogen and oxygen atoms in total. The van der Waals surface area contributed by atoms with Crippen molar-refractivity contribution in [2.45, 2.75) is 37.7 Å². The summed E-state index contributed by atoms with van der Waals surface area (Å²) in [5.41, 5.74) is 1.36. The molecule has 34 heavy (non-hydrogen) atoms. The lowest BCUT2D eigenvalue weighted by atomic mass is 10.0. The van der Waals surface area contributed by atoms with Crippen LogP contribution in [0.2, 0.25) is 0 Å². The molecule has 0 fully saturated rings. The summed E-state index contributed by atoms with van der Waals surface area (Å²) in [6.07, 6.45) is -1.03. The van der Waals surface area contributed by atoms with Gasteiger partial charge in [0.25, 0.3) is 0 Å². The van der Waals surface area contributed by atoms with Crippen LogP contribution in [0.15, 0.2) is 60.7 Å². The highest BCUT2D eigenvalue weighted by atomic mass is 32.2. The number of hydrogen-bond donors (Lipinski definition) is 2. The second-order valence-electron chi connectivity index (χ2n) is 8.27. The number of carboxylic acid groups (broad SMARTS) is 1. The molecule has 0 radical (unpaired) electrons. The van der Waals surface area contributed by atoms with Gasteiger partial charge in [-0.1, -0.05) is 60.7 Å². The lowest BCUT2D eigenvalue weighted by molar-refractivity contribution is -0.143. The van der Waals surface area contributed by atoms with Crippen LogP contribution < -0.4 is 5.32 Å². The third-order valence-electron chi connectivity index (χ3n) is 5.50. The van der Waals surface area contributed by atoms with Gasteiger partial charge in [0.15, 0.2) is 9.84 Å². The van der Waals surface area contributed by atoms with E-state index >= 15 is 0 Å². The van der Waals surface area contributed by atoms with Crippen LogP contribution in [0.5, 0.6) is 0 Å². The van der Waals surface area contributed by atoms with Crippen LogP contribution >= 0.6 is 0 Å². The first-order chi connectivity index (χ1) is 16.0. The van der Waals surface area contributed by atoms with Crippen molar-refractivity contribution < 1.29 is 37.4 Å². The molecule has 0 aromatic heterocycles. The highest BCUT2D eigenvalue weighted by molar-refractivity contribution is 7.92. The molecule has 184 valence electrons. The largest absolute Gasteiger partial charge is 0.481 e. The smallest absolute Gasteiger partial charge is 0.408 e. The average Bonchev–Trinajstić information content (AvgIpc) is 2.81. The highest BCUT2D eigenvalue weighted by Gasteiger charge is 2.48. The van der Waals surface area contributed by atoms with Crippen molar-refractivity contribution in [3.05, 3.63) is 71.8 Å². The Morgan fingerprint density at radius 3 is 2.00 bits per heavy atom. The minimum Gasteiger partial charge on any atom is -0.481 e. The molecule has 10 heteroatoms. The lowest BCUT2D eigenvalue weighted by Crippen LogP contribution is -2.59. The molecule has 0 aliphatic carbocycles. The van der Waals surface area contributed by atoms with Gasteiger partial charge < -0.3 is 19.9 Å². The van der Waals surface area contributed by atoms with Gasteiger partial charge in [-0.2, -0.15) is 0 Å². The van der Waals surface area contributed by atoms with Gasteiger partial charge >= 0.3 is 18.0 Å². The number of nitrogens with one attached hydrogen (secondary N) is 1. The number of esters is 1. The predicted molar refractivity (Wildman–Crippen MR) is 125 cm³/mol. The Hall–Kier alpha value is -3.40. The molecule has 0 aliphatic rings. The summed E-state index contributed by atoms with van der Waals surface area (Å²) in [6, 6.07) is 15.8. The maximum Gasteiger partial charge on any atom is 0.408 e. The van der Waals surface area contributed by atoms with Crippen molar-refractivity contribution >= 4 is 27.9 Å². The summed E-state index contributed by atoms with van der Waals surface area (Å²) in [7, 11) is -3.18. The molecule has 0 bridgehead atoms. The van der Waals surface area contributed by atoms with E-state index < -0.39 is 50.3 Å². The first-order valence-electron chi connectivity index (χ1n) is 10.5. The number of hydrogen-bond acceptors (Lipinski definition) is 7. The van der Waals surface area contributed by atoms with Gasteiger partial charge in [-0.25, -0.2) is 18.0 Å². The van der Waals surface area contributed by atoms with Crippen LogP contribution in [0.3, 0.4) is 0 Å². The number of ether oxygens (including phenoxy) is 2. The van der Waals surface area contributed by atoms with Gasteiger partial charge in [0.2, 0.25) is 0 Å². The molecule has 0 heterocycles. The zero-order chi connectivity index (χ0) is 25.4. The Kier molecular flexibility index (Phi) is 9.19. The molecule has 0 spiro atoms. The van der Waals surface area contributed by atoms with E-state index in [1.807, 2.05) is 0 Å². The number of carbonyl (C=O) groups is 3. The molecule has 2 aromatic rings. The standard InChI is InChI=1S/C24H29NO8S/c1-24(2,34(30,31)16-19(21(26)27)14-17-10-6-4-7-11-17)20(22(28)32-3)25-23(29)33-15-18-12-8-5-9-13-18/h4-13,19-20H,14-16H2,1-3H3,(H,25,29)(H,26,27)/t19-,20-/m1/s1. The summed E-state index contributed by atoms with van der Waals surface area (Å²) in [5, 5.41) is 11.9. The average molecular weight is 492 g/mol. The van der Waals surface area contributed by atoms with Crippen molar-refractivity contribution in [3.8, 4) is 0 Å². The van der Waals surface area contributed by atoms with Crippen LogP contribution in [0.25, 0.3) is 0 Å². The molecule has 1 amide bonds. The van der Waals surface area contributed by atoms with Crippen LogP contribution in [-0.4, -0.2) is 55.2 Å². The maximum atomic E-state index is 13.3. The van der Waals surface area contributed by atoms with Crippen molar-refractivity contribution in [2.75, 3.05) is 12.9 Å². The van der Waals surface area contributed by atoms with E-state index in [1.54, 1.807) is 60.7 Å². The van der Waals surface area contributed by atoms with E-state index in [4.69, 9.17) is 9.47 Å². The molecule has 0 saturated carbocycles. The fourth-order valence-electron chi connectivity index (χ4n) is 3.29. The van der Waals surface area contributed by atoms with E-state index in [1.165, 1.54) is 13.8 Å². The fraction of sp³-hybridized carbons (Fsp3) is 0.375. The lowest BCUT2D eigenvalue weighted by Gasteiger charge is -2.33. The monoisotopic (exact) mass is 491 g/mol. The Labute approximate surface area is 199 Å². The van der Waals surface area contributed by atoms with Crippen molar-refractivity contribution in [3.63, 3.8) is 0 Å². The first kappa shape index (κ1) is 26.8. The minimum atomic E-state index is -4.24.